The summed E-state index contributed by atoms with van der Waals surface area (Å²) in [4.78, 5) is 6.72. The fraction of sp³-hybridized carbons (Fsp3) is 0.444. The first-order valence-corrected chi connectivity index (χ1v) is 8.27. The summed E-state index contributed by atoms with van der Waals surface area (Å²) in [7, 11) is 3.95. The average Bonchev–Trinajstić information content (AvgIpc) is 2.99. The SMILES string of the molecule is CCNC(=NCCOCc1ccccc1)N(C)Cc1cnn(C)c1. The third kappa shape index (κ3) is 6.04. The number of rotatable bonds is 8. The highest BCUT2D eigenvalue weighted by Gasteiger charge is 2.07. The average molecular weight is 329 g/mol. The van der Waals surface area contributed by atoms with Crippen molar-refractivity contribution < 1.29 is 4.74 Å². The molecule has 0 saturated heterocycles. The number of nitrogens with zero attached hydrogens (tertiary/aromatic N) is 4. The number of aryl methyl sites for hydroxylation is 1. The molecule has 130 valence electrons. The van der Waals surface area contributed by atoms with Crippen LogP contribution < -0.4 is 5.32 Å². The molecule has 6 nitrogen and oxygen atoms in total. The summed E-state index contributed by atoms with van der Waals surface area (Å²) >= 11 is 0. The van der Waals surface area contributed by atoms with Gasteiger partial charge in [-0.3, -0.25) is 9.67 Å². The van der Waals surface area contributed by atoms with E-state index < -0.39 is 0 Å². The maximum atomic E-state index is 5.68. The van der Waals surface area contributed by atoms with Gasteiger partial charge in [-0.1, -0.05) is 30.3 Å². The van der Waals surface area contributed by atoms with Gasteiger partial charge < -0.3 is 15.0 Å². The number of hydrogen-bond donors (Lipinski definition) is 1. The van der Waals surface area contributed by atoms with Crippen molar-refractivity contribution in [1.82, 2.24) is 20.0 Å². The normalized spacial score (nSPS) is 11.5. The summed E-state index contributed by atoms with van der Waals surface area (Å²) in [6.07, 6.45) is 3.89. The van der Waals surface area contributed by atoms with Gasteiger partial charge >= 0.3 is 0 Å². The van der Waals surface area contributed by atoms with Crippen LogP contribution in [0.4, 0.5) is 0 Å². The number of guanidine groups is 1. The van der Waals surface area contributed by atoms with E-state index in [2.05, 4.69) is 39.4 Å². The number of hydrogen-bond acceptors (Lipinski definition) is 3. The molecule has 1 heterocycles. The Morgan fingerprint density at radius 2 is 2.08 bits per heavy atom. The minimum atomic E-state index is 0.602. The number of ether oxygens (including phenoxy) is 1. The van der Waals surface area contributed by atoms with Crippen molar-refractivity contribution in [2.75, 3.05) is 26.7 Å². The second-order valence-corrected chi connectivity index (χ2v) is 5.65. The van der Waals surface area contributed by atoms with E-state index in [0.717, 1.165) is 24.6 Å². The molecule has 0 atom stereocenters. The molecule has 0 spiro atoms. The first-order valence-electron chi connectivity index (χ1n) is 8.27. The Labute approximate surface area is 144 Å². The van der Waals surface area contributed by atoms with Crippen LogP contribution in [0.15, 0.2) is 47.7 Å². The van der Waals surface area contributed by atoms with Crippen LogP contribution in [0.25, 0.3) is 0 Å². The molecule has 0 saturated carbocycles. The van der Waals surface area contributed by atoms with Crippen LogP contribution in [0, 0.1) is 0 Å². The molecule has 1 aromatic heterocycles. The molecule has 0 amide bonds. The summed E-state index contributed by atoms with van der Waals surface area (Å²) in [5.74, 6) is 0.879. The minimum Gasteiger partial charge on any atom is -0.375 e. The van der Waals surface area contributed by atoms with Crippen LogP contribution in [0.3, 0.4) is 0 Å². The van der Waals surface area contributed by atoms with Crippen molar-refractivity contribution in [3.8, 4) is 0 Å². The lowest BCUT2D eigenvalue weighted by atomic mass is 10.2. The molecule has 0 bridgehead atoms. The van der Waals surface area contributed by atoms with Crippen LogP contribution in [0.2, 0.25) is 0 Å². The summed E-state index contributed by atoms with van der Waals surface area (Å²) in [6, 6.07) is 10.2. The molecule has 0 radical (unpaired) electrons. The predicted molar refractivity (Wildman–Crippen MR) is 96.8 cm³/mol. The third-order valence-corrected chi connectivity index (χ3v) is 3.48. The zero-order chi connectivity index (χ0) is 17.2. The van der Waals surface area contributed by atoms with Crippen molar-refractivity contribution in [2.24, 2.45) is 12.0 Å². The molecule has 1 aromatic carbocycles. The molecule has 0 aliphatic rings. The second-order valence-electron chi connectivity index (χ2n) is 5.65. The number of aliphatic imine (C=N–C) groups is 1. The monoisotopic (exact) mass is 329 g/mol. The van der Waals surface area contributed by atoms with Crippen LogP contribution in [0.1, 0.15) is 18.1 Å². The summed E-state index contributed by atoms with van der Waals surface area (Å²) in [5.41, 5.74) is 2.34. The van der Waals surface area contributed by atoms with E-state index in [-0.39, 0.29) is 0 Å². The van der Waals surface area contributed by atoms with Gasteiger partial charge in [-0.25, -0.2) is 0 Å². The van der Waals surface area contributed by atoms with E-state index in [1.165, 1.54) is 5.56 Å². The maximum Gasteiger partial charge on any atom is 0.194 e. The largest absolute Gasteiger partial charge is 0.375 e. The Hall–Kier alpha value is -2.34. The lowest BCUT2D eigenvalue weighted by Crippen LogP contribution is -2.38. The Morgan fingerprint density at radius 3 is 2.75 bits per heavy atom. The zero-order valence-corrected chi connectivity index (χ0v) is 14.8. The summed E-state index contributed by atoms with van der Waals surface area (Å²) in [5, 5.41) is 7.51. The van der Waals surface area contributed by atoms with Gasteiger partial charge in [-0.15, -0.1) is 0 Å². The van der Waals surface area contributed by atoms with Gasteiger partial charge in [0.15, 0.2) is 5.96 Å². The Bertz CT molecular complexity index is 623. The second kappa shape index (κ2) is 9.72. The molecule has 0 aliphatic heterocycles. The van der Waals surface area contributed by atoms with E-state index in [1.807, 2.05) is 49.4 Å². The first-order chi connectivity index (χ1) is 11.7. The Morgan fingerprint density at radius 1 is 1.29 bits per heavy atom. The van der Waals surface area contributed by atoms with Crippen LogP contribution >= 0.6 is 0 Å². The lowest BCUT2D eigenvalue weighted by molar-refractivity contribution is 0.128. The van der Waals surface area contributed by atoms with Gasteiger partial charge in [-0.2, -0.15) is 5.10 Å². The number of benzene rings is 1. The number of nitrogens with one attached hydrogen (secondary N) is 1. The van der Waals surface area contributed by atoms with Crippen molar-refractivity contribution in [1.29, 1.82) is 0 Å². The molecule has 1 N–H and O–H groups in total. The quantitative estimate of drug-likeness (QED) is 0.457. The van der Waals surface area contributed by atoms with Crippen molar-refractivity contribution in [2.45, 2.75) is 20.1 Å². The van der Waals surface area contributed by atoms with E-state index in [9.17, 15) is 0 Å². The summed E-state index contributed by atoms with van der Waals surface area (Å²) < 4.78 is 7.49. The van der Waals surface area contributed by atoms with Gasteiger partial charge in [0, 0.05) is 38.9 Å². The molecule has 0 aliphatic carbocycles. The molecule has 2 rings (SSSR count). The van der Waals surface area contributed by atoms with E-state index in [0.29, 0.717) is 19.8 Å². The topological polar surface area (TPSA) is 54.7 Å². The first kappa shape index (κ1) is 18.0. The standard InChI is InChI=1S/C18H27N5O/c1-4-19-18(22(2)13-17-12-21-23(3)14-17)20-10-11-24-15-16-8-6-5-7-9-16/h5-9,12,14H,4,10-11,13,15H2,1-3H3,(H,19,20). The smallest absolute Gasteiger partial charge is 0.194 e. The van der Waals surface area contributed by atoms with Gasteiger partial charge in [0.25, 0.3) is 0 Å². The number of aromatic nitrogens is 2. The third-order valence-electron chi connectivity index (χ3n) is 3.48. The zero-order valence-electron chi connectivity index (χ0n) is 14.8. The fourth-order valence-corrected chi connectivity index (χ4v) is 2.35. The van der Waals surface area contributed by atoms with Gasteiger partial charge in [-0.05, 0) is 12.5 Å². The predicted octanol–water partition coefficient (Wildman–Crippen LogP) is 2.03. The van der Waals surface area contributed by atoms with Crippen LogP contribution in [-0.4, -0.2) is 47.4 Å². The molecule has 6 heteroatoms. The Kier molecular flexibility index (Phi) is 7.29. The minimum absolute atomic E-state index is 0.602. The van der Waals surface area contributed by atoms with Crippen molar-refractivity contribution in [3.63, 3.8) is 0 Å². The molecule has 0 fully saturated rings. The molecular weight excluding hydrogens is 302 g/mol. The van der Waals surface area contributed by atoms with Crippen molar-refractivity contribution in [3.05, 3.63) is 53.9 Å². The van der Waals surface area contributed by atoms with Gasteiger partial charge in [0.2, 0.25) is 0 Å². The van der Waals surface area contributed by atoms with Crippen LogP contribution in [-0.2, 0) is 24.9 Å². The highest BCUT2D eigenvalue weighted by molar-refractivity contribution is 5.79. The highest BCUT2D eigenvalue weighted by Crippen LogP contribution is 2.02. The van der Waals surface area contributed by atoms with Gasteiger partial charge in [0.05, 0.1) is 26.0 Å². The van der Waals surface area contributed by atoms with Crippen molar-refractivity contribution >= 4 is 5.96 Å². The molecular formula is C18H27N5O. The molecule has 0 unspecified atom stereocenters. The molecule has 2 aromatic rings. The molecule has 24 heavy (non-hydrogen) atoms. The van der Waals surface area contributed by atoms with E-state index >= 15 is 0 Å². The fourth-order valence-electron chi connectivity index (χ4n) is 2.35. The Balaban J connectivity index is 1.78. The van der Waals surface area contributed by atoms with Crippen LogP contribution in [0.5, 0.6) is 0 Å². The van der Waals surface area contributed by atoms with E-state index in [4.69, 9.17) is 4.74 Å². The van der Waals surface area contributed by atoms with E-state index in [1.54, 1.807) is 0 Å². The summed E-state index contributed by atoms with van der Waals surface area (Å²) in [6.45, 7) is 5.53. The lowest BCUT2D eigenvalue weighted by Gasteiger charge is -2.21. The highest BCUT2D eigenvalue weighted by atomic mass is 16.5. The van der Waals surface area contributed by atoms with Gasteiger partial charge in [0.1, 0.15) is 0 Å². The maximum absolute atomic E-state index is 5.68.